The van der Waals surface area contributed by atoms with Gasteiger partial charge < -0.3 is 27.5 Å². The van der Waals surface area contributed by atoms with E-state index in [0.29, 0.717) is 26.4 Å². The topological polar surface area (TPSA) is 81.2 Å². The SMILES string of the molecule is C[Si](C)CO[Si](C)(C)Cc1ccc(-c2sc(-c3ccc(-c4sc(-c5ccc(C[Si](C)(C)O[Si](C)(C)C)cc5)c5c4OCCO5)c4nsnc34)c3c2OCCO3)cc1. The molecule has 15 heteroatoms. The molecular formula is C42H51N2O6S3Si4. The predicted octanol–water partition coefficient (Wildman–Crippen LogP) is 11.8. The van der Waals surface area contributed by atoms with Gasteiger partial charge in [0.25, 0.3) is 0 Å². The maximum atomic E-state index is 6.63. The summed E-state index contributed by atoms with van der Waals surface area (Å²) in [6, 6.07) is 24.1. The zero-order valence-corrected chi connectivity index (χ0v) is 40.7. The molecule has 3 aromatic carbocycles. The van der Waals surface area contributed by atoms with Gasteiger partial charge in [-0.25, -0.2) is 0 Å². The minimum atomic E-state index is -1.84. The van der Waals surface area contributed by atoms with Crippen LogP contribution in [-0.2, 0) is 20.6 Å². The average Bonchev–Trinajstić information content (AvgIpc) is 3.90. The van der Waals surface area contributed by atoms with Gasteiger partial charge in [0, 0.05) is 17.4 Å². The molecule has 0 amide bonds. The number of fused-ring (bicyclic) bond motifs is 3. The highest BCUT2D eigenvalue weighted by atomic mass is 32.1. The van der Waals surface area contributed by atoms with Crippen molar-refractivity contribution in [2.45, 2.75) is 71.0 Å². The van der Waals surface area contributed by atoms with Crippen LogP contribution < -0.4 is 18.9 Å². The predicted molar refractivity (Wildman–Crippen MR) is 247 cm³/mol. The van der Waals surface area contributed by atoms with Crippen molar-refractivity contribution >= 4 is 79.2 Å². The molecule has 299 valence electrons. The van der Waals surface area contributed by atoms with Gasteiger partial charge in [0.15, 0.2) is 48.0 Å². The highest BCUT2D eigenvalue weighted by Gasteiger charge is 2.33. The molecule has 2 aliphatic heterocycles. The summed E-state index contributed by atoms with van der Waals surface area (Å²) in [5.41, 5.74) is 8.49. The first kappa shape index (κ1) is 40.6. The summed E-state index contributed by atoms with van der Waals surface area (Å²) in [7, 11) is -5.66. The van der Waals surface area contributed by atoms with E-state index >= 15 is 0 Å². The molecule has 0 spiro atoms. The van der Waals surface area contributed by atoms with Crippen molar-refractivity contribution < 1.29 is 27.5 Å². The molecule has 1 radical (unpaired) electrons. The number of aromatic nitrogens is 2. The van der Waals surface area contributed by atoms with Crippen LogP contribution in [0.4, 0.5) is 0 Å². The van der Waals surface area contributed by atoms with E-state index in [1.165, 1.54) is 22.9 Å². The van der Waals surface area contributed by atoms with Gasteiger partial charge in [-0.1, -0.05) is 73.8 Å². The quantitative estimate of drug-likeness (QED) is 0.106. The second-order valence-corrected chi connectivity index (χ2v) is 35.7. The number of hydrogen-bond donors (Lipinski definition) is 0. The van der Waals surface area contributed by atoms with Crippen molar-refractivity contribution in [2.75, 3.05) is 32.7 Å². The molecule has 8 rings (SSSR count). The van der Waals surface area contributed by atoms with E-state index < -0.39 is 33.7 Å². The third-order valence-corrected chi connectivity index (χ3v) is 21.8. The fourth-order valence-corrected chi connectivity index (χ4v) is 22.8. The maximum absolute atomic E-state index is 6.63. The first-order chi connectivity index (χ1) is 27.1. The fraction of sp³-hybridized carbons (Fsp3) is 0.381. The van der Waals surface area contributed by atoms with E-state index in [4.69, 9.17) is 36.2 Å². The first-order valence-electron chi connectivity index (χ1n) is 19.6. The smallest absolute Gasteiger partial charge is 0.190 e. The van der Waals surface area contributed by atoms with E-state index in [0.717, 1.165) is 94.1 Å². The van der Waals surface area contributed by atoms with Crippen LogP contribution in [0.5, 0.6) is 23.0 Å². The fourth-order valence-electron chi connectivity index (χ4n) is 7.66. The third-order valence-electron chi connectivity index (χ3n) is 9.73. The molecule has 57 heavy (non-hydrogen) atoms. The normalized spacial score (nSPS) is 14.5. The molecule has 0 N–H and O–H groups in total. The monoisotopic (exact) mass is 887 g/mol. The second-order valence-electron chi connectivity index (χ2n) is 17.3. The Morgan fingerprint density at radius 1 is 0.561 bits per heavy atom. The van der Waals surface area contributed by atoms with Gasteiger partial charge in [0.05, 0.1) is 40.0 Å². The van der Waals surface area contributed by atoms with Crippen LogP contribution in [0.15, 0.2) is 60.7 Å². The lowest BCUT2D eigenvalue weighted by Gasteiger charge is -2.31. The van der Waals surface area contributed by atoms with E-state index in [1.54, 1.807) is 22.7 Å². The summed E-state index contributed by atoms with van der Waals surface area (Å²) in [4.78, 5) is 4.12. The van der Waals surface area contributed by atoms with Crippen molar-refractivity contribution in [1.29, 1.82) is 0 Å². The van der Waals surface area contributed by atoms with Crippen molar-refractivity contribution in [3.8, 4) is 64.8 Å². The van der Waals surface area contributed by atoms with E-state index in [1.807, 2.05) is 0 Å². The molecule has 2 aliphatic rings. The Morgan fingerprint density at radius 3 is 1.37 bits per heavy atom. The van der Waals surface area contributed by atoms with Crippen molar-refractivity contribution in [3.05, 3.63) is 71.8 Å². The lowest BCUT2D eigenvalue weighted by atomic mass is 10.0. The average molecular weight is 888 g/mol. The molecule has 0 unspecified atom stereocenters. The molecular weight excluding hydrogens is 837 g/mol. The largest absolute Gasteiger partial charge is 0.485 e. The number of ether oxygens (including phenoxy) is 4. The third kappa shape index (κ3) is 8.92. The second kappa shape index (κ2) is 16.1. The molecule has 0 fully saturated rings. The molecule has 0 saturated carbocycles. The van der Waals surface area contributed by atoms with Gasteiger partial charge in [-0.3, -0.25) is 0 Å². The zero-order chi connectivity index (χ0) is 40.1. The van der Waals surface area contributed by atoms with Crippen LogP contribution in [0.1, 0.15) is 11.1 Å². The van der Waals surface area contributed by atoms with Gasteiger partial charge in [-0.2, -0.15) is 8.75 Å². The molecule has 0 atom stereocenters. The maximum Gasteiger partial charge on any atom is 0.190 e. The molecule has 0 saturated heterocycles. The lowest BCUT2D eigenvalue weighted by Crippen LogP contribution is -2.44. The Bertz CT molecular complexity index is 2380. The number of hydrogen-bond acceptors (Lipinski definition) is 11. The summed E-state index contributed by atoms with van der Waals surface area (Å²) >= 11 is 4.61. The number of thiophene rings is 2. The molecule has 3 aromatic heterocycles. The first-order valence-corrected chi connectivity index (χ1v) is 34.3. The molecule has 5 heterocycles. The summed E-state index contributed by atoms with van der Waals surface area (Å²) in [6.45, 7) is 22.7. The number of benzene rings is 3. The van der Waals surface area contributed by atoms with Crippen LogP contribution in [0, 0.1) is 0 Å². The number of rotatable bonds is 13. The van der Waals surface area contributed by atoms with Gasteiger partial charge in [-0.05, 0) is 80.2 Å². The van der Waals surface area contributed by atoms with Crippen LogP contribution in [0.2, 0.25) is 58.9 Å². The van der Waals surface area contributed by atoms with E-state index in [2.05, 4.69) is 120 Å². The molecule has 8 nitrogen and oxygen atoms in total. The minimum Gasteiger partial charge on any atom is -0.485 e. The minimum absolute atomic E-state index is 0.410. The van der Waals surface area contributed by atoms with Crippen LogP contribution in [0.3, 0.4) is 0 Å². The summed E-state index contributed by atoms with van der Waals surface area (Å²) in [5.74, 6) is 3.16. The Hall–Kier alpha value is -3.13. The lowest BCUT2D eigenvalue weighted by molar-refractivity contribution is 0.175. The van der Waals surface area contributed by atoms with Crippen LogP contribution in [-0.4, -0.2) is 75.2 Å². The van der Waals surface area contributed by atoms with Crippen molar-refractivity contribution in [2.24, 2.45) is 0 Å². The Kier molecular flexibility index (Phi) is 11.5. The van der Waals surface area contributed by atoms with E-state index in [-0.39, 0.29) is 0 Å². The van der Waals surface area contributed by atoms with Gasteiger partial charge in [-0.15, -0.1) is 22.7 Å². The van der Waals surface area contributed by atoms with Crippen LogP contribution in [0.25, 0.3) is 52.8 Å². The highest BCUT2D eigenvalue weighted by Crippen LogP contribution is 2.57. The van der Waals surface area contributed by atoms with Crippen molar-refractivity contribution in [1.82, 2.24) is 8.75 Å². The summed E-state index contributed by atoms with van der Waals surface area (Å²) in [6.07, 6.45) is 0.912. The van der Waals surface area contributed by atoms with Crippen LogP contribution >= 0.6 is 34.4 Å². The summed E-state index contributed by atoms with van der Waals surface area (Å²) in [5, 5.41) is 0. The zero-order valence-electron chi connectivity index (χ0n) is 34.3. The Morgan fingerprint density at radius 2 is 0.965 bits per heavy atom. The van der Waals surface area contributed by atoms with Gasteiger partial charge >= 0.3 is 0 Å². The van der Waals surface area contributed by atoms with E-state index in [9.17, 15) is 0 Å². The van der Waals surface area contributed by atoms with Gasteiger partial charge in [0.2, 0.25) is 0 Å². The Balaban J connectivity index is 1.11. The Labute approximate surface area is 353 Å². The number of nitrogens with zero attached hydrogens (tertiary/aromatic N) is 2. The van der Waals surface area contributed by atoms with Crippen molar-refractivity contribution in [3.63, 3.8) is 0 Å². The molecule has 0 bridgehead atoms. The highest BCUT2D eigenvalue weighted by molar-refractivity contribution is 7.20. The summed E-state index contributed by atoms with van der Waals surface area (Å²) < 4.78 is 48.2. The molecule has 0 aliphatic carbocycles. The van der Waals surface area contributed by atoms with Gasteiger partial charge in [0.1, 0.15) is 37.5 Å². The standard InChI is InChI=1S/C42H51N2O6S3Si4/c1-54(2)26-49-56(6,7)24-27-10-14-29(15-11-27)39-35-37(47-22-20-45-35)41(51-39)31-18-19-32(34-33(31)43-53-44-34)42-38-36(46-21-23-48-38)40(52-42)30-16-12-28(13-17-30)25-57(8,9)50-55(3,4)5/h10-19H,20-26H2,1-9H3. The molecule has 6 aromatic rings.